The standard InChI is InChI=1S/C16H30N4O3.2ClH/c1-3-19(4-2)15(21)12-18-7-9-20(10-8-18)16(22)14-6-5-13(11-17)23-14;;/h13-14H,3-12,17H2,1-2H3;2*1H/t13-,14+;;/m1../s1. The van der Waals surface area contributed by atoms with Crippen LogP contribution in [0.4, 0.5) is 0 Å². The van der Waals surface area contributed by atoms with E-state index in [1.807, 2.05) is 23.6 Å². The van der Waals surface area contributed by atoms with Crippen LogP contribution in [0, 0.1) is 0 Å². The molecule has 2 fully saturated rings. The molecule has 2 aliphatic rings. The van der Waals surface area contributed by atoms with Crippen LogP contribution >= 0.6 is 24.8 Å². The second kappa shape index (κ2) is 11.9. The van der Waals surface area contributed by atoms with Crippen LogP contribution in [0.25, 0.3) is 0 Å². The largest absolute Gasteiger partial charge is 0.364 e. The van der Waals surface area contributed by atoms with Crippen LogP contribution in [0.3, 0.4) is 0 Å². The number of rotatable bonds is 6. The molecule has 0 spiro atoms. The molecule has 2 heterocycles. The third kappa shape index (κ3) is 6.57. The Hall–Kier alpha value is -0.600. The summed E-state index contributed by atoms with van der Waals surface area (Å²) in [5.41, 5.74) is 5.59. The third-order valence-corrected chi connectivity index (χ3v) is 4.80. The molecule has 148 valence electrons. The molecule has 7 nitrogen and oxygen atoms in total. The molecule has 2 amide bonds. The highest BCUT2D eigenvalue weighted by molar-refractivity contribution is 5.85. The highest BCUT2D eigenvalue weighted by atomic mass is 35.5. The molecule has 2 saturated heterocycles. The first-order chi connectivity index (χ1) is 11.1. The number of hydrogen-bond donors (Lipinski definition) is 1. The molecule has 25 heavy (non-hydrogen) atoms. The van der Waals surface area contributed by atoms with Gasteiger partial charge in [0.15, 0.2) is 0 Å². The van der Waals surface area contributed by atoms with Gasteiger partial charge in [-0.1, -0.05) is 0 Å². The SMILES string of the molecule is CCN(CC)C(=O)CN1CCN(C(=O)[C@@H]2CC[C@H](CN)O2)CC1.Cl.Cl. The van der Waals surface area contributed by atoms with Gasteiger partial charge < -0.3 is 20.3 Å². The summed E-state index contributed by atoms with van der Waals surface area (Å²) >= 11 is 0. The number of carbonyl (C=O) groups excluding carboxylic acids is 2. The van der Waals surface area contributed by atoms with Crippen molar-refractivity contribution in [1.29, 1.82) is 0 Å². The van der Waals surface area contributed by atoms with E-state index in [4.69, 9.17) is 10.5 Å². The van der Waals surface area contributed by atoms with Crippen molar-refractivity contribution in [3.63, 3.8) is 0 Å². The van der Waals surface area contributed by atoms with E-state index in [0.717, 1.165) is 39.0 Å². The Labute approximate surface area is 163 Å². The minimum atomic E-state index is -0.326. The number of carbonyl (C=O) groups is 2. The zero-order valence-electron chi connectivity index (χ0n) is 15.2. The Morgan fingerprint density at radius 1 is 1.08 bits per heavy atom. The molecule has 0 bridgehead atoms. The maximum atomic E-state index is 12.5. The van der Waals surface area contributed by atoms with Crippen molar-refractivity contribution in [2.75, 3.05) is 52.4 Å². The average Bonchev–Trinajstić information content (AvgIpc) is 3.05. The van der Waals surface area contributed by atoms with E-state index in [9.17, 15) is 9.59 Å². The molecule has 2 aliphatic heterocycles. The van der Waals surface area contributed by atoms with E-state index in [1.165, 1.54) is 0 Å². The van der Waals surface area contributed by atoms with E-state index < -0.39 is 0 Å². The minimum absolute atomic E-state index is 0. The number of amides is 2. The van der Waals surface area contributed by atoms with Crippen molar-refractivity contribution in [1.82, 2.24) is 14.7 Å². The first-order valence-electron chi connectivity index (χ1n) is 8.73. The molecular weight excluding hydrogens is 367 g/mol. The third-order valence-electron chi connectivity index (χ3n) is 4.80. The Morgan fingerprint density at radius 3 is 2.16 bits per heavy atom. The van der Waals surface area contributed by atoms with E-state index >= 15 is 0 Å². The first-order valence-corrected chi connectivity index (χ1v) is 8.73. The number of nitrogens with zero attached hydrogens (tertiary/aromatic N) is 3. The smallest absolute Gasteiger partial charge is 0.251 e. The highest BCUT2D eigenvalue weighted by Crippen LogP contribution is 2.21. The summed E-state index contributed by atoms with van der Waals surface area (Å²) in [6.07, 6.45) is 1.33. The summed E-state index contributed by atoms with van der Waals surface area (Å²) in [4.78, 5) is 30.4. The second-order valence-electron chi connectivity index (χ2n) is 6.23. The Morgan fingerprint density at radius 2 is 1.68 bits per heavy atom. The fourth-order valence-corrected chi connectivity index (χ4v) is 3.26. The normalized spacial score (nSPS) is 23.6. The number of ether oxygens (including phenoxy) is 1. The Kier molecular flexibility index (Phi) is 11.6. The molecule has 2 N–H and O–H groups in total. The molecule has 0 aliphatic carbocycles. The molecule has 2 atom stereocenters. The molecule has 2 rings (SSSR count). The van der Waals surface area contributed by atoms with Gasteiger partial charge in [0.1, 0.15) is 6.10 Å². The molecule has 0 aromatic rings. The highest BCUT2D eigenvalue weighted by Gasteiger charge is 2.34. The van der Waals surface area contributed by atoms with Crippen molar-refractivity contribution in [3.05, 3.63) is 0 Å². The van der Waals surface area contributed by atoms with E-state index in [2.05, 4.69) is 4.90 Å². The van der Waals surface area contributed by atoms with Gasteiger partial charge >= 0.3 is 0 Å². The summed E-state index contributed by atoms with van der Waals surface area (Å²) in [6, 6.07) is 0. The van der Waals surface area contributed by atoms with Gasteiger partial charge in [0.05, 0.1) is 12.6 Å². The van der Waals surface area contributed by atoms with Crippen molar-refractivity contribution >= 4 is 36.6 Å². The molecule has 0 saturated carbocycles. The topological polar surface area (TPSA) is 79.1 Å². The number of halogens is 2. The van der Waals surface area contributed by atoms with Crippen LogP contribution in [0.1, 0.15) is 26.7 Å². The van der Waals surface area contributed by atoms with Crippen molar-refractivity contribution < 1.29 is 14.3 Å². The summed E-state index contributed by atoms with van der Waals surface area (Å²) < 4.78 is 5.69. The predicted octanol–water partition coefficient (Wildman–Crippen LogP) is 0.349. The van der Waals surface area contributed by atoms with Crippen molar-refractivity contribution in [3.8, 4) is 0 Å². The first kappa shape index (κ1) is 24.4. The maximum absolute atomic E-state index is 12.5. The molecule has 0 unspecified atom stereocenters. The second-order valence-corrected chi connectivity index (χ2v) is 6.23. The van der Waals surface area contributed by atoms with Crippen molar-refractivity contribution in [2.45, 2.75) is 38.9 Å². The Balaban J connectivity index is 0.00000288. The number of likely N-dealkylation sites (N-methyl/N-ethyl adjacent to an activating group) is 1. The van der Waals surface area contributed by atoms with Gasteiger partial charge in [-0.25, -0.2) is 0 Å². The summed E-state index contributed by atoms with van der Waals surface area (Å²) in [5, 5.41) is 0. The summed E-state index contributed by atoms with van der Waals surface area (Å²) in [5.74, 6) is 0.246. The lowest BCUT2D eigenvalue weighted by Gasteiger charge is -2.36. The fraction of sp³-hybridized carbons (Fsp3) is 0.875. The molecule has 0 aromatic carbocycles. The van der Waals surface area contributed by atoms with Gasteiger partial charge in [0.25, 0.3) is 5.91 Å². The van der Waals surface area contributed by atoms with Gasteiger partial charge in [0.2, 0.25) is 5.91 Å². The van der Waals surface area contributed by atoms with Crippen LogP contribution in [0.2, 0.25) is 0 Å². The van der Waals surface area contributed by atoms with Gasteiger partial charge in [-0.05, 0) is 26.7 Å². The molecular formula is C16H32Cl2N4O3. The lowest BCUT2D eigenvalue weighted by molar-refractivity contribution is -0.144. The zero-order valence-corrected chi connectivity index (χ0v) is 16.8. The summed E-state index contributed by atoms with van der Waals surface area (Å²) in [6.45, 7) is 9.21. The van der Waals surface area contributed by atoms with Gasteiger partial charge in [0, 0.05) is 45.8 Å². The van der Waals surface area contributed by atoms with Gasteiger partial charge in [-0.15, -0.1) is 24.8 Å². The predicted molar refractivity (Wildman–Crippen MR) is 102 cm³/mol. The number of hydrogen-bond acceptors (Lipinski definition) is 5. The van der Waals surface area contributed by atoms with Crippen LogP contribution in [-0.4, -0.2) is 91.1 Å². The van der Waals surface area contributed by atoms with E-state index in [1.54, 1.807) is 0 Å². The van der Waals surface area contributed by atoms with Crippen LogP contribution in [0.15, 0.2) is 0 Å². The van der Waals surface area contributed by atoms with Crippen LogP contribution in [0.5, 0.6) is 0 Å². The fourth-order valence-electron chi connectivity index (χ4n) is 3.26. The minimum Gasteiger partial charge on any atom is -0.364 e. The monoisotopic (exact) mass is 398 g/mol. The average molecular weight is 399 g/mol. The number of piperazine rings is 1. The van der Waals surface area contributed by atoms with E-state index in [-0.39, 0.29) is 48.8 Å². The van der Waals surface area contributed by atoms with Crippen LogP contribution in [-0.2, 0) is 14.3 Å². The maximum Gasteiger partial charge on any atom is 0.251 e. The molecule has 9 heteroatoms. The number of nitrogens with two attached hydrogens (primary N) is 1. The van der Waals surface area contributed by atoms with Gasteiger partial charge in [-0.2, -0.15) is 0 Å². The zero-order chi connectivity index (χ0) is 16.8. The van der Waals surface area contributed by atoms with Gasteiger partial charge in [-0.3, -0.25) is 14.5 Å². The lowest BCUT2D eigenvalue weighted by atomic mass is 10.1. The van der Waals surface area contributed by atoms with Crippen molar-refractivity contribution in [2.24, 2.45) is 5.73 Å². The van der Waals surface area contributed by atoms with Crippen LogP contribution < -0.4 is 5.73 Å². The molecule has 0 aromatic heterocycles. The van der Waals surface area contributed by atoms with E-state index in [0.29, 0.717) is 26.2 Å². The Bertz CT molecular complexity index is 416. The lowest BCUT2D eigenvalue weighted by Crippen LogP contribution is -2.53. The molecule has 0 radical (unpaired) electrons. The summed E-state index contributed by atoms with van der Waals surface area (Å²) in [7, 11) is 0. The quantitative estimate of drug-likeness (QED) is 0.697.